The molecule has 0 amide bonds. The number of aromatic hydroxyl groups is 1. The van der Waals surface area contributed by atoms with Crippen LogP contribution in [0.5, 0.6) is 5.75 Å². The lowest BCUT2D eigenvalue weighted by Gasteiger charge is -1.97. The zero-order valence-corrected chi connectivity index (χ0v) is 7.36. The lowest BCUT2D eigenvalue weighted by Crippen LogP contribution is -1.89. The minimum atomic E-state index is -0.724. The van der Waals surface area contributed by atoms with Gasteiger partial charge in [0, 0.05) is 23.8 Å². The first-order chi connectivity index (χ1) is 7.00. The van der Waals surface area contributed by atoms with Gasteiger partial charge in [0.25, 0.3) is 5.69 Å². The van der Waals surface area contributed by atoms with Crippen LogP contribution >= 0.6 is 0 Å². The van der Waals surface area contributed by atoms with E-state index in [1.807, 2.05) is 0 Å². The van der Waals surface area contributed by atoms with E-state index in [2.05, 4.69) is 0 Å². The van der Waals surface area contributed by atoms with Crippen LogP contribution < -0.4 is 0 Å². The van der Waals surface area contributed by atoms with E-state index in [1.165, 1.54) is 0 Å². The Morgan fingerprint density at radius 2 is 1.93 bits per heavy atom. The molecule has 0 aliphatic rings. The van der Waals surface area contributed by atoms with Crippen LogP contribution in [0.1, 0.15) is 5.56 Å². The van der Waals surface area contributed by atoms with E-state index in [0.29, 0.717) is 6.20 Å². The highest BCUT2D eigenvalue weighted by atomic mass is 16.6. The van der Waals surface area contributed by atoms with Crippen LogP contribution in [0.4, 0.5) is 5.69 Å². The number of phenolic OH excluding ortho intramolecular Hbond substituents is 1. The third-order valence-electron chi connectivity index (χ3n) is 1.60. The van der Waals surface area contributed by atoms with E-state index in [9.17, 15) is 25.3 Å². The quantitative estimate of drug-likeness (QED) is 0.601. The van der Waals surface area contributed by atoms with Gasteiger partial charge in [0.1, 0.15) is 5.75 Å². The van der Waals surface area contributed by atoms with Crippen molar-refractivity contribution in [3.8, 4) is 5.75 Å². The molecular formula is C8H6N2O5. The third-order valence-corrected chi connectivity index (χ3v) is 1.60. The van der Waals surface area contributed by atoms with Crippen LogP contribution in [0.15, 0.2) is 24.4 Å². The molecule has 0 aliphatic heterocycles. The number of hydrogen-bond acceptors (Lipinski definition) is 5. The summed E-state index contributed by atoms with van der Waals surface area (Å²) in [5, 5.41) is 29.6. The average molecular weight is 210 g/mol. The van der Waals surface area contributed by atoms with Crippen LogP contribution in [0.3, 0.4) is 0 Å². The standard InChI is InChI=1S/C8H6N2O5/c11-8-2-1-7(10(14)15)5-6(8)3-4-9(12)13/h1-5,11H/b4-3+. The lowest BCUT2D eigenvalue weighted by molar-refractivity contribution is -0.401. The molecule has 15 heavy (non-hydrogen) atoms. The number of nitro benzene ring substituents is 1. The van der Waals surface area contributed by atoms with Crippen LogP contribution in [-0.4, -0.2) is 15.0 Å². The molecular weight excluding hydrogens is 204 g/mol. The number of rotatable bonds is 3. The summed E-state index contributed by atoms with van der Waals surface area (Å²) in [5.41, 5.74) is -0.211. The second-order valence-electron chi connectivity index (χ2n) is 2.60. The van der Waals surface area contributed by atoms with E-state index in [-0.39, 0.29) is 17.0 Å². The van der Waals surface area contributed by atoms with Crippen molar-refractivity contribution in [3.05, 3.63) is 50.2 Å². The van der Waals surface area contributed by atoms with Gasteiger partial charge < -0.3 is 5.11 Å². The van der Waals surface area contributed by atoms with Crippen molar-refractivity contribution in [3.63, 3.8) is 0 Å². The molecule has 1 N–H and O–H groups in total. The van der Waals surface area contributed by atoms with Crippen LogP contribution in [0, 0.1) is 20.2 Å². The third kappa shape index (κ3) is 2.76. The van der Waals surface area contributed by atoms with Crippen molar-refractivity contribution >= 4 is 11.8 Å². The molecule has 0 heterocycles. The van der Waals surface area contributed by atoms with Gasteiger partial charge in [0.05, 0.1) is 9.85 Å². The number of benzene rings is 1. The summed E-state index contributed by atoms with van der Waals surface area (Å²) in [4.78, 5) is 19.0. The SMILES string of the molecule is O=[N+]([O-])/C=C/c1cc([N+](=O)[O-])ccc1O. The maximum absolute atomic E-state index is 10.4. The molecule has 0 fully saturated rings. The number of hydrogen-bond donors (Lipinski definition) is 1. The van der Waals surface area contributed by atoms with E-state index in [1.54, 1.807) is 0 Å². The Balaban J connectivity index is 3.11. The number of non-ortho nitro benzene ring substituents is 1. The van der Waals surface area contributed by atoms with E-state index < -0.39 is 9.85 Å². The Morgan fingerprint density at radius 3 is 2.47 bits per heavy atom. The molecule has 0 saturated heterocycles. The largest absolute Gasteiger partial charge is 0.507 e. The molecule has 7 heteroatoms. The van der Waals surface area contributed by atoms with Crippen molar-refractivity contribution in [1.29, 1.82) is 0 Å². The van der Waals surface area contributed by atoms with Gasteiger partial charge in [-0.05, 0) is 6.07 Å². The van der Waals surface area contributed by atoms with E-state index >= 15 is 0 Å². The number of nitrogens with zero attached hydrogens (tertiary/aromatic N) is 2. The lowest BCUT2D eigenvalue weighted by atomic mass is 10.2. The summed E-state index contributed by atoms with van der Waals surface area (Å²) < 4.78 is 0. The molecule has 0 aliphatic carbocycles. The first-order valence-corrected chi connectivity index (χ1v) is 3.80. The maximum atomic E-state index is 10.4. The van der Waals surface area contributed by atoms with Crippen LogP contribution in [-0.2, 0) is 0 Å². The van der Waals surface area contributed by atoms with Crippen molar-refractivity contribution in [2.24, 2.45) is 0 Å². The average Bonchev–Trinajstić information content (AvgIpc) is 2.16. The minimum Gasteiger partial charge on any atom is -0.507 e. The summed E-state index contributed by atoms with van der Waals surface area (Å²) in [6, 6.07) is 3.27. The highest BCUT2D eigenvalue weighted by Gasteiger charge is 2.08. The fourth-order valence-electron chi connectivity index (χ4n) is 0.930. The maximum Gasteiger partial charge on any atom is 0.270 e. The molecule has 0 unspecified atom stereocenters. The van der Waals surface area contributed by atoms with E-state index in [0.717, 1.165) is 24.3 Å². The van der Waals surface area contributed by atoms with Crippen molar-refractivity contribution in [2.75, 3.05) is 0 Å². The predicted octanol–water partition coefficient (Wildman–Crippen LogP) is 1.55. The Morgan fingerprint density at radius 1 is 1.27 bits per heavy atom. The van der Waals surface area contributed by atoms with Crippen molar-refractivity contribution in [1.82, 2.24) is 0 Å². The molecule has 0 spiro atoms. The summed E-state index contributed by atoms with van der Waals surface area (Å²) in [5.74, 6) is -0.251. The Bertz CT molecular complexity index is 441. The highest BCUT2D eigenvalue weighted by molar-refractivity contribution is 5.59. The smallest absolute Gasteiger partial charge is 0.270 e. The molecule has 78 valence electrons. The van der Waals surface area contributed by atoms with Gasteiger partial charge >= 0.3 is 0 Å². The van der Waals surface area contributed by atoms with Gasteiger partial charge in [-0.3, -0.25) is 20.2 Å². The summed E-state index contributed by atoms with van der Waals surface area (Å²) >= 11 is 0. The number of phenols is 1. The summed E-state index contributed by atoms with van der Waals surface area (Å²) in [6.07, 6.45) is 1.58. The molecule has 0 atom stereocenters. The topological polar surface area (TPSA) is 107 Å². The van der Waals surface area contributed by atoms with Crippen molar-refractivity contribution in [2.45, 2.75) is 0 Å². The molecule has 1 rings (SSSR count). The van der Waals surface area contributed by atoms with Crippen LogP contribution in [0.25, 0.3) is 6.08 Å². The summed E-state index contributed by atoms with van der Waals surface area (Å²) in [6.45, 7) is 0. The zero-order chi connectivity index (χ0) is 11.4. The number of nitro groups is 2. The Labute approximate surface area is 83.6 Å². The molecule has 0 aromatic heterocycles. The second kappa shape index (κ2) is 4.18. The van der Waals surface area contributed by atoms with E-state index in [4.69, 9.17) is 0 Å². The van der Waals surface area contributed by atoms with Crippen molar-refractivity contribution < 1.29 is 15.0 Å². The van der Waals surface area contributed by atoms with Gasteiger partial charge in [-0.25, -0.2) is 0 Å². The normalized spacial score (nSPS) is 10.4. The molecule has 0 bridgehead atoms. The molecule has 1 aromatic rings. The Kier molecular flexibility index (Phi) is 2.97. The minimum absolute atomic E-state index is 0.0286. The first-order valence-electron chi connectivity index (χ1n) is 3.80. The fraction of sp³-hybridized carbons (Fsp3) is 0. The highest BCUT2D eigenvalue weighted by Crippen LogP contribution is 2.23. The van der Waals surface area contributed by atoms with Gasteiger partial charge in [-0.1, -0.05) is 0 Å². The molecule has 7 nitrogen and oxygen atoms in total. The van der Waals surface area contributed by atoms with Gasteiger partial charge in [-0.2, -0.15) is 0 Å². The van der Waals surface area contributed by atoms with Gasteiger partial charge in [0.15, 0.2) is 0 Å². The van der Waals surface area contributed by atoms with Crippen LogP contribution in [0.2, 0.25) is 0 Å². The Hall–Kier alpha value is -2.44. The second-order valence-corrected chi connectivity index (χ2v) is 2.60. The fourth-order valence-corrected chi connectivity index (χ4v) is 0.930. The first kappa shape index (κ1) is 10.6. The molecule has 0 radical (unpaired) electrons. The summed E-state index contributed by atoms with van der Waals surface area (Å²) in [7, 11) is 0. The zero-order valence-electron chi connectivity index (χ0n) is 7.36. The molecule has 0 saturated carbocycles. The van der Waals surface area contributed by atoms with Gasteiger partial charge in [0.2, 0.25) is 6.20 Å². The predicted molar refractivity (Wildman–Crippen MR) is 50.8 cm³/mol. The van der Waals surface area contributed by atoms with Gasteiger partial charge in [-0.15, -0.1) is 0 Å². The molecule has 1 aromatic carbocycles. The monoisotopic (exact) mass is 210 g/mol.